The SMILES string of the molecule is COc1cccc(-c2cc3c(=O)n(CCNC(=O)c4ccc(C)c(C)c4)ccn3n2)c1. The highest BCUT2D eigenvalue weighted by atomic mass is 16.5. The predicted octanol–water partition coefficient (Wildman–Crippen LogP) is 3.22. The van der Waals surface area contributed by atoms with Gasteiger partial charge in [-0.1, -0.05) is 18.2 Å². The molecule has 0 aliphatic carbocycles. The molecule has 7 nitrogen and oxygen atoms in total. The standard InChI is InChI=1S/C24H24N4O3/c1-16-7-8-19(13-17(16)2)23(29)25-9-10-27-11-12-28-22(24(27)30)15-21(26-28)18-5-4-6-20(14-18)31-3/h4-8,11-15H,9-10H2,1-3H3,(H,25,29). The Labute approximate surface area is 179 Å². The molecule has 0 saturated heterocycles. The summed E-state index contributed by atoms with van der Waals surface area (Å²) in [5.41, 5.74) is 4.70. The molecule has 0 saturated carbocycles. The van der Waals surface area contributed by atoms with E-state index < -0.39 is 0 Å². The molecule has 0 unspecified atom stereocenters. The molecule has 1 N–H and O–H groups in total. The van der Waals surface area contributed by atoms with E-state index in [9.17, 15) is 9.59 Å². The molecule has 0 spiro atoms. The van der Waals surface area contributed by atoms with E-state index in [2.05, 4.69) is 10.4 Å². The molecule has 0 bridgehead atoms. The van der Waals surface area contributed by atoms with Crippen molar-refractivity contribution in [3.05, 3.63) is 88.0 Å². The Hall–Kier alpha value is -3.87. The summed E-state index contributed by atoms with van der Waals surface area (Å²) < 4.78 is 8.41. The maximum absolute atomic E-state index is 12.9. The van der Waals surface area contributed by atoms with Gasteiger partial charge in [-0.05, 0) is 55.3 Å². The molecule has 4 rings (SSSR count). The van der Waals surface area contributed by atoms with E-state index in [1.807, 2.05) is 56.3 Å². The van der Waals surface area contributed by atoms with Crippen LogP contribution >= 0.6 is 0 Å². The molecule has 31 heavy (non-hydrogen) atoms. The zero-order chi connectivity index (χ0) is 22.0. The topological polar surface area (TPSA) is 77.6 Å². The molecule has 0 atom stereocenters. The van der Waals surface area contributed by atoms with Crippen molar-refractivity contribution in [1.29, 1.82) is 0 Å². The van der Waals surface area contributed by atoms with Crippen LogP contribution < -0.4 is 15.6 Å². The lowest BCUT2D eigenvalue weighted by Crippen LogP contribution is -2.31. The van der Waals surface area contributed by atoms with Gasteiger partial charge in [0, 0.05) is 36.6 Å². The summed E-state index contributed by atoms with van der Waals surface area (Å²) in [7, 11) is 1.61. The summed E-state index contributed by atoms with van der Waals surface area (Å²) in [6.45, 7) is 4.70. The van der Waals surface area contributed by atoms with Crippen molar-refractivity contribution in [2.24, 2.45) is 0 Å². The lowest BCUT2D eigenvalue weighted by atomic mass is 10.1. The van der Waals surface area contributed by atoms with E-state index >= 15 is 0 Å². The fraction of sp³-hybridized carbons (Fsp3) is 0.208. The molecule has 158 valence electrons. The van der Waals surface area contributed by atoms with Crippen LogP contribution in [0.4, 0.5) is 0 Å². The molecule has 2 heterocycles. The summed E-state index contributed by atoms with van der Waals surface area (Å²) in [5, 5.41) is 7.38. The number of benzene rings is 2. The number of aryl methyl sites for hydroxylation is 2. The van der Waals surface area contributed by atoms with Crippen LogP contribution in [0.1, 0.15) is 21.5 Å². The van der Waals surface area contributed by atoms with Crippen molar-refractivity contribution in [2.45, 2.75) is 20.4 Å². The number of nitrogens with one attached hydrogen (secondary N) is 1. The number of amides is 1. The fourth-order valence-corrected chi connectivity index (χ4v) is 3.40. The third-order valence-corrected chi connectivity index (χ3v) is 5.38. The average molecular weight is 416 g/mol. The fourth-order valence-electron chi connectivity index (χ4n) is 3.40. The van der Waals surface area contributed by atoms with Crippen molar-refractivity contribution < 1.29 is 9.53 Å². The monoisotopic (exact) mass is 416 g/mol. The molecule has 2 aromatic carbocycles. The highest BCUT2D eigenvalue weighted by Gasteiger charge is 2.11. The number of methoxy groups -OCH3 is 1. The van der Waals surface area contributed by atoms with Crippen LogP contribution in [0.5, 0.6) is 5.75 Å². The van der Waals surface area contributed by atoms with Gasteiger partial charge in [0.25, 0.3) is 11.5 Å². The van der Waals surface area contributed by atoms with Crippen molar-refractivity contribution in [3.8, 4) is 17.0 Å². The lowest BCUT2D eigenvalue weighted by molar-refractivity contribution is 0.0952. The molecule has 4 aromatic rings. The van der Waals surface area contributed by atoms with E-state index in [4.69, 9.17) is 4.74 Å². The first-order valence-corrected chi connectivity index (χ1v) is 10.0. The van der Waals surface area contributed by atoms with Gasteiger partial charge < -0.3 is 14.6 Å². The number of fused-ring (bicyclic) bond motifs is 1. The molecular formula is C24H24N4O3. The molecule has 2 aromatic heterocycles. The Bertz CT molecular complexity index is 1320. The molecule has 0 aliphatic heterocycles. The lowest BCUT2D eigenvalue weighted by Gasteiger charge is -2.09. The Balaban J connectivity index is 1.49. The van der Waals surface area contributed by atoms with Crippen LogP contribution in [0.25, 0.3) is 16.8 Å². The maximum Gasteiger partial charge on any atom is 0.276 e. The second kappa shape index (κ2) is 8.47. The van der Waals surface area contributed by atoms with Crippen molar-refractivity contribution in [3.63, 3.8) is 0 Å². The van der Waals surface area contributed by atoms with Gasteiger partial charge in [0.1, 0.15) is 11.3 Å². The Morgan fingerprint density at radius 3 is 2.68 bits per heavy atom. The number of carbonyl (C=O) groups excluding carboxylic acids is 1. The minimum atomic E-state index is -0.162. The van der Waals surface area contributed by atoms with E-state index in [1.165, 1.54) is 0 Å². The van der Waals surface area contributed by atoms with Crippen molar-refractivity contribution in [1.82, 2.24) is 19.5 Å². The minimum Gasteiger partial charge on any atom is -0.497 e. The summed E-state index contributed by atoms with van der Waals surface area (Å²) in [6, 6.07) is 14.9. The maximum atomic E-state index is 12.9. The number of nitrogens with zero attached hydrogens (tertiary/aromatic N) is 3. The summed E-state index contributed by atoms with van der Waals surface area (Å²) in [5.74, 6) is 0.577. The van der Waals surface area contributed by atoms with Crippen molar-refractivity contribution >= 4 is 11.4 Å². The van der Waals surface area contributed by atoms with Crippen LogP contribution in [0.15, 0.2) is 65.7 Å². The van der Waals surface area contributed by atoms with E-state index in [0.29, 0.717) is 29.9 Å². The van der Waals surface area contributed by atoms with Gasteiger partial charge in [-0.15, -0.1) is 0 Å². The zero-order valence-electron chi connectivity index (χ0n) is 17.8. The number of aromatic nitrogens is 3. The molecule has 0 fully saturated rings. The Morgan fingerprint density at radius 1 is 1.06 bits per heavy atom. The Morgan fingerprint density at radius 2 is 1.90 bits per heavy atom. The largest absolute Gasteiger partial charge is 0.497 e. The average Bonchev–Trinajstić information content (AvgIpc) is 3.22. The number of hydrogen-bond donors (Lipinski definition) is 1. The van der Waals surface area contributed by atoms with E-state index in [0.717, 1.165) is 22.4 Å². The Kier molecular flexibility index (Phi) is 5.58. The van der Waals surface area contributed by atoms with Gasteiger partial charge in [-0.3, -0.25) is 9.59 Å². The van der Waals surface area contributed by atoms with Gasteiger partial charge >= 0.3 is 0 Å². The quantitative estimate of drug-likeness (QED) is 0.524. The van der Waals surface area contributed by atoms with Crippen LogP contribution in [0, 0.1) is 13.8 Å². The van der Waals surface area contributed by atoms with E-state index in [-0.39, 0.29) is 11.5 Å². The number of ether oxygens (including phenoxy) is 1. The summed E-state index contributed by atoms with van der Waals surface area (Å²) in [6.07, 6.45) is 3.42. The normalized spacial score (nSPS) is 10.9. The zero-order valence-corrected chi connectivity index (χ0v) is 17.8. The van der Waals surface area contributed by atoms with Gasteiger partial charge in [-0.2, -0.15) is 5.10 Å². The van der Waals surface area contributed by atoms with E-state index in [1.54, 1.807) is 34.7 Å². The molecule has 0 aliphatic rings. The minimum absolute atomic E-state index is 0.151. The smallest absolute Gasteiger partial charge is 0.276 e. The second-order valence-corrected chi connectivity index (χ2v) is 7.44. The second-order valence-electron chi connectivity index (χ2n) is 7.44. The van der Waals surface area contributed by atoms with Gasteiger partial charge in [0.15, 0.2) is 0 Å². The molecular weight excluding hydrogens is 392 g/mol. The highest BCUT2D eigenvalue weighted by Crippen LogP contribution is 2.23. The van der Waals surface area contributed by atoms with Crippen LogP contribution in [0.2, 0.25) is 0 Å². The van der Waals surface area contributed by atoms with Gasteiger partial charge in [0.05, 0.1) is 12.8 Å². The first-order valence-electron chi connectivity index (χ1n) is 10.0. The van der Waals surface area contributed by atoms with Gasteiger partial charge in [-0.25, -0.2) is 4.52 Å². The van der Waals surface area contributed by atoms with Crippen LogP contribution in [-0.2, 0) is 6.54 Å². The number of hydrogen-bond acceptors (Lipinski definition) is 4. The first-order chi connectivity index (χ1) is 15.0. The third-order valence-electron chi connectivity index (χ3n) is 5.38. The highest BCUT2D eigenvalue weighted by molar-refractivity contribution is 5.94. The predicted molar refractivity (Wildman–Crippen MR) is 120 cm³/mol. The number of rotatable bonds is 6. The van der Waals surface area contributed by atoms with Crippen molar-refractivity contribution in [2.75, 3.05) is 13.7 Å². The van der Waals surface area contributed by atoms with Crippen LogP contribution in [-0.4, -0.2) is 33.7 Å². The molecule has 1 amide bonds. The molecule has 0 radical (unpaired) electrons. The summed E-state index contributed by atoms with van der Waals surface area (Å²) in [4.78, 5) is 25.3. The third kappa shape index (κ3) is 4.21. The number of carbonyl (C=O) groups is 1. The van der Waals surface area contributed by atoms with Gasteiger partial charge in [0.2, 0.25) is 0 Å². The summed E-state index contributed by atoms with van der Waals surface area (Å²) >= 11 is 0. The molecule has 7 heteroatoms. The first kappa shape index (κ1) is 20.4. The van der Waals surface area contributed by atoms with Crippen LogP contribution in [0.3, 0.4) is 0 Å².